The summed E-state index contributed by atoms with van der Waals surface area (Å²) in [6.07, 6.45) is 4.75. The average Bonchev–Trinajstić information content (AvgIpc) is 3.80. The molecule has 6 rings (SSSR count). The van der Waals surface area contributed by atoms with Crippen molar-refractivity contribution in [2.75, 3.05) is 11.5 Å². The topological polar surface area (TPSA) is 89.5 Å². The van der Waals surface area contributed by atoms with Crippen LogP contribution in [-0.2, 0) is 6.54 Å². The van der Waals surface area contributed by atoms with Crippen molar-refractivity contribution in [1.82, 2.24) is 4.57 Å². The van der Waals surface area contributed by atoms with Crippen LogP contribution in [0, 0.1) is 11.3 Å². The van der Waals surface area contributed by atoms with Gasteiger partial charge in [0, 0.05) is 60.2 Å². The molecule has 0 atom stereocenters. The molecule has 0 aliphatic carbocycles. The number of thiophene rings is 2. The first kappa shape index (κ1) is 32.7. The molecule has 0 bridgehead atoms. The predicted molar refractivity (Wildman–Crippen MR) is 199 cm³/mol. The van der Waals surface area contributed by atoms with Gasteiger partial charge in [-0.1, -0.05) is 68.0 Å². The van der Waals surface area contributed by atoms with E-state index in [0.717, 1.165) is 55.0 Å². The number of anilines is 3. The molecule has 2 N–H and O–H groups in total. The third kappa shape index (κ3) is 7.04. The summed E-state index contributed by atoms with van der Waals surface area (Å²) < 4.78 is 1.27. The first-order chi connectivity index (χ1) is 23.5. The monoisotopic (exact) mass is 669 g/mol. The second-order valence-corrected chi connectivity index (χ2v) is 13.6. The van der Waals surface area contributed by atoms with Gasteiger partial charge in [0.15, 0.2) is 0 Å². The van der Waals surface area contributed by atoms with Crippen LogP contribution >= 0.6 is 22.7 Å². The first-order valence-electron chi connectivity index (χ1n) is 15.9. The van der Waals surface area contributed by atoms with Gasteiger partial charge in [-0.15, -0.1) is 22.7 Å². The van der Waals surface area contributed by atoms with Gasteiger partial charge in [-0.3, -0.25) is 9.36 Å². The first-order valence-corrected chi connectivity index (χ1v) is 17.5. The number of rotatable bonds is 12. The third-order valence-corrected chi connectivity index (χ3v) is 10.5. The van der Waals surface area contributed by atoms with E-state index in [1.165, 1.54) is 4.57 Å². The molecule has 0 radical (unpaired) electrons. The van der Waals surface area contributed by atoms with Crippen molar-refractivity contribution in [2.24, 2.45) is 0 Å². The SMILES string of the molecule is C=c1c(C#N)c(O)n(CCCCCCO)c(=O)/c1=C\c1ccc(-c2ccc(-c3ccc(N(c4ccccc4)c4ccccc4)cc3)s2)s1. The molecular weight excluding hydrogens is 635 g/mol. The van der Waals surface area contributed by atoms with Crippen LogP contribution in [0.2, 0.25) is 0 Å². The molecule has 0 fully saturated rings. The van der Waals surface area contributed by atoms with Gasteiger partial charge in [-0.05, 0) is 85.1 Å². The van der Waals surface area contributed by atoms with E-state index in [1.807, 2.05) is 54.6 Å². The van der Waals surface area contributed by atoms with Crippen molar-refractivity contribution < 1.29 is 10.2 Å². The summed E-state index contributed by atoms with van der Waals surface area (Å²) >= 11 is 3.27. The van der Waals surface area contributed by atoms with Gasteiger partial charge >= 0.3 is 0 Å². The molecule has 0 saturated carbocycles. The van der Waals surface area contributed by atoms with Crippen LogP contribution in [0.3, 0.4) is 0 Å². The number of unbranched alkanes of at least 4 members (excludes halogenated alkanes) is 3. The number of pyridine rings is 1. The number of nitriles is 1. The molecule has 0 aliphatic heterocycles. The Bertz CT molecular complexity index is 2180. The fraction of sp³-hybridized carbons (Fsp3) is 0.150. The number of nitrogens with zero attached hydrogens (tertiary/aromatic N) is 3. The molecule has 6 aromatic rings. The Kier molecular flexibility index (Phi) is 10.3. The maximum Gasteiger partial charge on any atom is 0.261 e. The predicted octanol–water partition coefficient (Wildman–Crippen LogP) is 8.14. The molecule has 0 aliphatic rings. The van der Waals surface area contributed by atoms with Crippen molar-refractivity contribution in [3.8, 4) is 32.1 Å². The maximum atomic E-state index is 13.5. The van der Waals surface area contributed by atoms with E-state index >= 15 is 0 Å². The van der Waals surface area contributed by atoms with Crippen LogP contribution in [0.5, 0.6) is 5.88 Å². The molecule has 3 aromatic heterocycles. The molecule has 3 aromatic carbocycles. The van der Waals surface area contributed by atoms with E-state index in [9.17, 15) is 15.2 Å². The molecule has 48 heavy (non-hydrogen) atoms. The minimum Gasteiger partial charge on any atom is -0.493 e. The Morgan fingerprint density at radius 1 is 0.750 bits per heavy atom. The third-order valence-electron chi connectivity index (χ3n) is 8.18. The second kappa shape index (κ2) is 15.1. The zero-order valence-corrected chi connectivity index (χ0v) is 28.0. The normalized spacial score (nSPS) is 11.5. The average molecular weight is 670 g/mol. The van der Waals surface area contributed by atoms with Crippen LogP contribution in [0.4, 0.5) is 17.1 Å². The summed E-state index contributed by atoms with van der Waals surface area (Å²) in [6.45, 7) is 4.39. The van der Waals surface area contributed by atoms with E-state index in [2.05, 4.69) is 72.1 Å². The van der Waals surface area contributed by atoms with Crippen LogP contribution < -0.4 is 20.9 Å². The molecule has 240 valence electrons. The summed E-state index contributed by atoms with van der Waals surface area (Å²) in [4.78, 5) is 19.9. The smallest absolute Gasteiger partial charge is 0.261 e. The number of aliphatic hydroxyl groups excluding tert-OH is 1. The number of hydrogen-bond acceptors (Lipinski definition) is 7. The van der Waals surface area contributed by atoms with Crippen molar-refractivity contribution >= 4 is 52.4 Å². The lowest BCUT2D eigenvalue weighted by Gasteiger charge is -2.25. The Morgan fingerprint density at radius 2 is 1.33 bits per heavy atom. The zero-order chi connectivity index (χ0) is 33.5. The van der Waals surface area contributed by atoms with Gasteiger partial charge in [0.25, 0.3) is 5.56 Å². The van der Waals surface area contributed by atoms with Gasteiger partial charge in [0.2, 0.25) is 5.88 Å². The molecule has 0 unspecified atom stereocenters. The fourth-order valence-corrected chi connectivity index (χ4v) is 7.74. The summed E-state index contributed by atoms with van der Waals surface area (Å²) in [7, 11) is 0. The number of hydrogen-bond donors (Lipinski definition) is 2. The Morgan fingerprint density at radius 3 is 1.98 bits per heavy atom. The molecule has 0 amide bonds. The highest BCUT2D eigenvalue weighted by Gasteiger charge is 2.15. The van der Waals surface area contributed by atoms with Crippen LogP contribution in [0.1, 0.15) is 36.1 Å². The summed E-state index contributed by atoms with van der Waals surface area (Å²) in [5.74, 6) is -0.342. The van der Waals surface area contributed by atoms with Crippen molar-refractivity contribution in [3.63, 3.8) is 0 Å². The summed E-state index contributed by atoms with van der Waals surface area (Å²) in [5.41, 5.74) is 4.04. The minimum atomic E-state index is -0.367. The van der Waals surface area contributed by atoms with Crippen LogP contribution in [-0.4, -0.2) is 21.4 Å². The highest BCUT2D eigenvalue weighted by Crippen LogP contribution is 2.40. The molecule has 0 spiro atoms. The largest absolute Gasteiger partial charge is 0.493 e. The van der Waals surface area contributed by atoms with Gasteiger partial charge in [0.1, 0.15) is 11.6 Å². The molecule has 6 nitrogen and oxygen atoms in total. The Balaban J connectivity index is 1.25. The van der Waals surface area contributed by atoms with E-state index in [-0.39, 0.29) is 35.4 Å². The lowest BCUT2D eigenvalue weighted by Crippen LogP contribution is -2.46. The van der Waals surface area contributed by atoms with Gasteiger partial charge in [-0.2, -0.15) is 5.26 Å². The number of aromatic nitrogens is 1. The van der Waals surface area contributed by atoms with E-state index in [4.69, 9.17) is 5.11 Å². The highest BCUT2D eigenvalue weighted by atomic mass is 32.1. The molecule has 8 heteroatoms. The van der Waals surface area contributed by atoms with Crippen molar-refractivity contribution in [3.05, 3.63) is 140 Å². The zero-order valence-electron chi connectivity index (χ0n) is 26.4. The molecule has 3 heterocycles. The summed E-state index contributed by atoms with van der Waals surface area (Å²) in [5, 5.41) is 30.0. The van der Waals surface area contributed by atoms with Crippen molar-refractivity contribution in [1.29, 1.82) is 5.26 Å². The quantitative estimate of drug-likeness (QED) is 0.128. The standard InChI is InChI=1S/C40H35N3O3S2/c1-28-34(39(45)42(40(46)35(28)27-41)24-10-2-3-11-25-44)26-33-20-21-37(47-33)38-23-22-36(48-38)29-16-18-32(19-17-29)43(30-12-6-4-7-13-30)31-14-8-5-9-15-31/h4-9,12-23,26,44,46H,1-3,10-11,24-25H2/b34-26-. The number of aliphatic hydroxyl groups is 1. The van der Waals surface area contributed by atoms with Crippen molar-refractivity contribution in [2.45, 2.75) is 32.2 Å². The summed E-state index contributed by atoms with van der Waals surface area (Å²) in [6, 6.07) is 39.6. The number of benzene rings is 3. The lowest BCUT2D eigenvalue weighted by atomic mass is 10.1. The lowest BCUT2D eigenvalue weighted by molar-refractivity contribution is 0.281. The van der Waals surface area contributed by atoms with Gasteiger partial charge in [-0.25, -0.2) is 0 Å². The second-order valence-electron chi connectivity index (χ2n) is 11.4. The van der Waals surface area contributed by atoms with E-state index < -0.39 is 0 Å². The minimum absolute atomic E-state index is 0.0116. The highest BCUT2D eigenvalue weighted by molar-refractivity contribution is 7.24. The fourth-order valence-electron chi connectivity index (χ4n) is 5.69. The Labute approximate surface area is 287 Å². The van der Waals surface area contributed by atoms with Crippen LogP contribution in [0.15, 0.2) is 114 Å². The Hall–Kier alpha value is -5.20. The van der Waals surface area contributed by atoms with Crippen LogP contribution in [0.25, 0.3) is 32.8 Å². The maximum absolute atomic E-state index is 13.5. The van der Waals surface area contributed by atoms with E-state index in [0.29, 0.717) is 18.1 Å². The number of para-hydroxylation sites is 2. The number of aromatic hydroxyl groups is 1. The molecular formula is C40H35N3O3S2. The van der Waals surface area contributed by atoms with Gasteiger partial charge < -0.3 is 15.1 Å². The van der Waals surface area contributed by atoms with E-state index in [1.54, 1.807) is 28.7 Å². The van der Waals surface area contributed by atoms with Gasteiger partial charge in [0.05, 0.1) is 0 Å². The molecule has 0 saturated heterocycles.